The summed E-state index contributed by atoms with van der Waals surface area (Å²) in [5.74, 6) is 0. The largest absolute Gasteiger partial charge is 0.365 e. The summed E-state index contributed by atoms with van der Waals surface area (Å²) < 4.78 is 0. The van der Waals surface area contributed by atoms with Gasteiger partial charge in [0.2, 0.25) is 0 Å². The minimum atomic E-state index is -0.173. The lowest BCUT2D eigenvalue weighted by atomic mass is 10.3. The Bertz CT molecular complexity index is 773. The molecular weight excluding hydrogens is 342 g/mol. The quantitative estimate of drug-likeness (QED) is 0.706. The Morgan fingerprint density at radius 3 is 2.71 bits per heavy atom. The van der Waals surface area contributed by atoms with E-state index >= 15 is 0 Å². The van der Waals surface area contributed by atoms with E-state index < -0.39 is 0 Å². The average Bonchev–Trinajstić information content (AvgIpc) is 3.30. The van der Waals surface area contributed by atoms with Crippen molar-refractivity contribution in [2.45, 2.75) is 13.1 Å². The van der Waals surface area contributed by atoms with E-state index in [-0.39, 0.29) is 6.03 Å². The number of nitrogens with one attached hydrogen (secondary N) is 2. The van der Waals surface area contributed by atoms with Gasteiger partial charge in [-0.25, -0.2) is 14.8 Å². The second-order valence-corrected chi connectivity index (χ2v) is 6.53. The van der Waals surface area contributed by atoms with E-state index in [0.29, 0.717) is 13.1 Å². The summed E-state index contributed by atoms with van der Waals surface area (Å²) in [5.41, 5.74) is 4.30. The Hall–Kier alpha value is -2.45. The molecule has 0 unspecified atom stereocenters. The van der Waals surface area contributed by atoms with Crippen LogP contribution < -0.4 is 15.5 Å². The van der Waals surface area contributed by atoms with Gasteiger partial charge in [0, 0.05) is 23.5 Å². The van der Waals surface area contributed by atoms with Crippen molar-refractivity contribution in [1.82, 2.24) is 15.3 Å². The summed E-state index contributed by atoms with van der Waals surface area (Å²) in [6, 6.07) is 9.40. The topological polar surface area (TPSA) is 70.2 Å². The molecule has 3 rings (SSSR count). The van der Waals surface area contributed by atoms with Crippen LogP contribution in [0.25, 0.3) is 0 Å². The molecule has 0 radical (unpaired) electrons. The van der Waals surface area contributed by atoms with Crippen molar-refractivity contribution in [3.05, 3.63) is 58.0 Å². The molecule has 0 atom stereocenters. The number of rotatable bonds is 6. The molecule has 0 bridgehead atoms. The fourth-order valence-electron chi connectivity index (χ4n) is 2.13. The van der Waals surface area contributed by atoms with Crippen LogP contribution in [0.3, 0.4) is 0 Å². The van der Waals surface area contributed by atoms with Gasteiger partial charge in [-0.15, -0.1) is 22.7 Å². The number of hydrogen-bond acceptors (Lipinski definition) is 6. The minimum Gasteiger partial charge on any atom is -0.365 e. The predicted octanol–water partition coefficient (Wildman–Crippen LogP) is 3.56. The van der Waals surface area contributed by atoms with Crippen molar-refractivity contribution in [1.29, 1.82) is 0 Å². The molecule has 2 amide bonds. The van der Waals surface area contributed by atoms with Crippen LogP contribution in [0.1, 0.15) is 11.4 Å². The smallest absolute Gasteiger partial charge is 0.322 e. The molecule has 24 heavy (non-hydrogen) atoms. The Morgan fingerprint density at radius 2 is 2.04 bits per heavy atom. The summed E-state index contributed by atoms with van der Waals surface area (Å²) in [5, 5.41) is 10.6. The van der Waals surface area contributed by atoms with Gasteiger partial charge in [0.25, 0.3) is 0 Å². The van der Waals surface area contributed by atoms with Crippen LogP contribution in [0, 0.1) is 0 Å². The maximum atomic E-state index is 12.7. The minimum absolute atomic E-state index is 0.173. The molecule has 6 nitrogen and oxygen atoms in total. The van der Waals surface area contributed by atoms with Gasteiger partial charge in [0.1, 0.15) is 0 Å². The van der Waals surface area contributed by atoms with E-state index in [0.717, 1.165) is 22.2 Å². The molecule has 0 fully saturated rings. The molecule has 0 saturated heterocycles. The molecule has 3 aromatic rings. The monoisotopic (exact) mass is 359 g/mol. The molecule has 0 saturated carbocycles. The lowest BCUT2D eigenvalue weighted by Gasteiger charge is -2.22. The molecule has 2 N–H and O–H groups in total. The number of carbonyl (C=O) groups excluding carboxylic acids is 1. The molecule has 8 heteroatoms. The highest BCUT2D eigenvalue weighted by Gasteiger charge is 2.17. The van der Waals surface area contributed by atoms with Crippen LogP contribution in [-0.4, -0.2) is 23.0 Å². The maximum absolute atomic E-state index is 12.7. The zero-order valence-corrected chi connectivity index (χ0v) is 14.7. The average molecular weight is 359 g/mol. The number of aromatic nitrogens is 2. The van der Waals surface area contributed by atoms with E-state index in [9.17, 15) is 4.79 Å². The van der Waals surface area contributed by atoms with Crippen molar-refractivity contribution < 1.29 is 4.79 Å². The normalized spacial score (nSPS) is 10.4. The number of amides is 2. The number of hydrogen-bond donors (Lipinski definition) is 2. The zero-order chi connectivity index (χ0) is 16.8. The summed E-state index contributed by atoms with van der Waals surface area (Å²) >= 11 is 3.03. The first kappa shape index (κ1) is 16.4. The third-order valence-corrected chi connectivity index (χ3v) is 4.85. The van der Waals surface area contributed by atoms with Crippen molar-refractivity contribution >= 4 is 39.5 Å². The fourth-order valence-corrected chi connectivity index (χ4v) is 3.35. The third kappa shape index (κ3) is 4.09. The van der Waals surface area contributed by atoms with Gasteiger partial charge in [-0.1, -0.05) is 18.2 Å². The van der Waals surface area contributed by atoms with Gasteiger partial charge >= 0.3 is 6.03 Å². The van der Waals surface area contributed by atoms with Gasteiger partial charge < -0.3 is 10.6 Å². The molecule has 124 valence electrons. The van der Waals surface area contributed by atoms with Gasteiger partial charge in [0.15, 0.2) is 5.13 Å². The highest BCUT2D eigenvalue weighted by atomic mass is 32.1. The van der Waals surface area contributed by atoms with Crippen LogP contribution in [-0.2, 0) is 13.1 Å². The third-order valence-electron chi connectivity index (χ3n) is 3.30. The van der Waals surface area contributed by atoms with Crippen molar-refractivity contribution in [3.8, 4) is 0 Å². The van der Waals surface area contributed by atoms with Gasteiger partial charge in [0.05, 0.1) is 30.0 Å². The molecule has 1 aromatic carbocycles. The maximum Gasteiger partial charge on any atom is 0.322 e. The SMILES string of the molecule is CNc1nc(CNC(=O)N(Cc2cscn2)c2ccccc2)cs1. The Balaban J connectivity index is 1.70. The van der Waals surface area contributed by atoms with Crippen molar-refractivity contribution in [2.75, 3.05) is 17.3 Å². The first-order valence-electron chi connectivity index (χ1n) is 7.36. The fraction of sp³-hybridized carbons (Fsp3) is 0.188. The summed E-state index contributed by atoms with van der Waals surface area (Å²) in [4.78, 5) is 23.0. The highest BCUT2D eigenvalue weighted by Crippen LogP contribution is 2.18. The van der Waals surface area contributed by atoms with Crippen LogP contribution in [0.5, 0.6) is 0 Å². The molecular formula is C16H17N5OS2. The van der Waals surface area contributed by atoms with Crippen LogP contribution >= 0.6 is 22.7 Å². The second-order valence-electron chi connectivity index (χ2n) is 4.95. The lowest BCUT2D eigenvalue weighted by molar-refractivity contribution is 0.245. The number of thiazole rings is 2. The number of benzene rings is 1. The molecule has 2 aromatic heterocycles. The van der Waals surface area contributed by atoms with Crippen molar-refractivity contribution in [3.63, 3.8) is 0 Å². The van der Waals surface area contributed by atoms with E-state index in [1.54, 1.807) is 10.4 Å². The van der Waals surface area contributed by atoms with Crippen molar-refractivity contribution in [2.24, 2.45) is 0 Å². The van der Waals surface area contributed by atoms with Crippen LogP contribution in [0.15, 0.2) is 46.6 Å². The molecule has 0 aliphatic heterocycles. The molecule has 0 spiro atoms. The highest BCUT2D eigenvalue weighted by molar-refractivity contribution is 7.13. The van der Waals surface area contributed by atoms with Gasteiger partial charge in [-0.05, 0) is 12.1 Å². The summed E-state index contributed by atoms with van der Waals surface area (Å²) in [7, 11) is 1.83. The molecule has 0 aliphatic carbocycles. The predicted molar refractivity (Wildman–Crippen MR) is 98.6 cm³/mol. The number of nitrogens with zero attached hydrogens (tertiary/aromatic N) is 3. The van der Waals surface area contributed by atoms with E-state index in [4.69, 9.17) is 0 Å². The van der Waals surface area contributed by atoms with E-state index in [1.165, 1.54) is 22.7 Å². The standard InChI is InChI=1S/C16H17N5OS2/c1-17-15-20-12(10-24-15)7-18-16(22)21(8-13-9-23-11-19-13)14-5-3-2-4-6-14/h2-6,9-11H,7-8H2,1H3,(H,17,20)(H,18,22). The van der Waals surface area contributed by atoms with Gasteiger partial charge in [-0.2, -0.15) is 0 Å². The zero-order valence-electron chi connectivity index (χ0n) is 13.1. The summed E-state index contributed by atoms with van der Waals surface area (Å²) in [6.07, 6.45) is 0. The first-order chi connectivity index (χ1) is 11.8. The molecule has 2 heterocycles. The van der Waals surface area contributed by atoms with E-state index in [1.807, 2.05) is 48.1 Å². The van der Waals surface area contributed by atoms with E-state index in [2.05, 4.69) is 20.6 Å². The Morgan fingerprint density at radius 1 is 1.21 bits per heavy atom. The summed E-state index contributed by atoms with van der Waals surface area (Å²) in [6.45, 7) is 0.815. The Labute approximate surface area is 148 Å². The second kappa shape index (κ2) is 7.89. The molecule has 0 aliphatic rings. The number of para-hydroxylation sites is 1. The van der Waals surface area contributed by atoms with Crippen LogP contribution in [0.4, 0.5) is 15.6 Å². The number of urea groups is 1. The van der Waals surface area contributed by atoms with Gasteiger partial charge in [-0.3, -0.25) is 4.90 Å². The lowest BCUT2D eigenvalue weighted by Crippen LogP contribution is -2.39. The Kier molecular flexibility index (Phi) is 5.39. The number of anilines is 2. The first-order valence-corrected chi connectivity index (χ1v) is 9.18. The number of carbonyl (C=O) groups is 1. The van der Waals surface area contributed by atoms with Crippen LogP contribution in [0.2, 0.25) is 0 Å².